The lowest BCUT2D eigenvalue weighted by atomic mass is 10.3. The van der Waals surface area contributed by atoms with E-state index in [0.29, 0.717) is 0 Å². The van der Waals surface area contributed by atoms with E-state index >= 15 is 0 Å². The first-order valence-corrected chi connectivity index (χ1v) is 6.99. The fraction of sp³-hybridized carbons (Fsp3) is 0. The van der Waals surface area contributed by atoms with Crippen molar-refractivity contribution in [2.24, 2.45) is 0 Å². The van der Waals surface area contributed by atoms with Gasteiger partial charge in [-0.25, -0.2) is 4.98 Å². The van der Waals surface area contributed by atoms with Crippen LogP contribution in [0.2, 0.25) is 0 Å². The summed E-state index contributed by atoms with van der Waals surface area (Å²) in [4.78, 5) is 5.78. The fourth-order valence-electron chi connectivity index (χ4n) is 1.51. The van der Waals surface area contributed by atoms with Gasteiger partial charge in [-0.15, -0.1) is 39.7 Å². The molecule has 0 bridgehead atoms. The van der Waals surface area contributed by atoms with Crippen LogP contribution in [-0.4, -0.2) is 4.98 Å². The lowest BCUT2D eigenvalue weighted by Gasteiger charge is -2.00. The third-order valence-corrected chi connectivity index (χ3v) is 3.95. The molecule has 5 heteroatoms. The van der Waals surface area contributed by atoms with Gasteiger partial charge in [0.2, 0.25) is 0 Å². The molecule has 0 aliphatic heterocycles. The standard InChI is InChI=1S/C13H10N2S2.BrH/c1-2-5-10(6-3-1)14-13-15-11(9-17-13)12-7-4-8-16-12;/h1-9H,(H,14,15);1H. The molecule has 0 atom stereocenters. The zero-order valence-corrected chi connectivity index (χ0v) is 12.7. The second-order valence-corrected chi connectivity index (χ2v) is 5.31. The molecule has 3 aromatic rings. The summed E-state index contributed by atoms with van der Waals surface area (Å²) >= 11 is 3.34. The van der Waals surface area contributed by atoms with E-state index in [4.69, 9.17) is 0 Å². The van der Waals surface area contributed by atoms with Gasteiger partial charge in [0, 0.05) is 11.1 Å². The first kappa shape index (κ1) is 13.3. The maximum absolute atomic E-state index is 4.57. The largest absolute Gasteiger partial charge is 0.332 e. The van der Waals surface area contributed by atoms with Crippen molar-refractivity contribution < 1.29 is 0 Å². The Bertz CT molecular complexity index is 591. The second-order valence-electron chi connectivity index (χ2n) is 3.51. The summed E-state index contributed by atoms with van der Waals surface area (Å²) in [5.74, 6) is 0. The van der Waals surface area contributed by atoms with Gasteiger partial charge in [-0.05, 0) is 23.6 Å². The Kier molecular flexibility index (Phi) is 4.52. The summed E-state index contributed by atoms with van der Waals surface area (Å²) < 4.78 is 0. The van der Waals surface area contributed by atoms with Gasteiger partial charge in [0.15, 0.2) is 5.13 Å². The predicted molar refractivity (Wildman–Crippen MR) is 85.5 cm³/mol. The Morgan fingerprint density at radius 2 is 1.78 bits per heavy atom. The van der Waals surface area contributed by atoms with Gasteiger partial charge >= 0.3 is 0 Å². The molecule has 0 fully saturated rings. The Morgan fingerprint density at radius 3 is 2.50 bits per heavy atom. The minimum Gasteiger partial charge on any atom is -0.332 e. The molecule has 2 nitrogen and oxygen atoms in total. The van der Waals surface area contributed by atoms with Crippen LogP contribution in [-0.2, 0) is 0 Å². The summed E-state index contributed by atoms with van der Waals surface area (Å²) in [5, 5.41) is 8.38. The van der Waals surface area contributed by atoms with Crippen LogP contribution in [0.3, 0.4) is 0 Å². The summed E-state index contributed by atoms with van der Waals surface area (Å²) in [6.07, 6.45) is 0. The van der Waals surface area contributed by atoms with Crippen LogP contribution in [0.15, 0.2) is 53.2 Å². The average Bonchev–Trinajstić information content (AvgIpc) is 3.00. The number of benzene rings is 1. The number of hydrogen-bond acceptors (Lipinski definition) is 4. The number of thiophene rings is 1. The zero-order chi connectivity index (χ0) is 11.5. The van der Waals surface area contributed by atoms with Gasteiger partial charge in [0.25, 0.3) is 0 Å². The summed E-state index contributed by atoms with van der Waals surface area (Å²) in [7, 11) is 0. The van der Waals surface area contributed by atoms with E-state index in [9.17, 15) is 0 Å². The molecule has 0 aliphatic rings. The van der Waals surface area contributed by atoms with Crippen LogP contribution >= 0.6 is 39.7 Å². The van der Waals surface area contributed by atoms with Gasteiger partial charge in [0.05, 0.1) is 10.6 Å². The third kappa shape index (κ3) is 2.98. The monoisotopic (exact) mass is 338 g/mol. The lowest BCUT2D eigenvalue weighted by Crippen LogP contribution is -1.88. The summed E-state index contributed by atoms with van der Waals surface area (Å²) in [5.41, 5.74) is 2.11. The maximum atomic E-state index is 4.57. The number of aromatic nitrogens is 1. The molecule has 92 valence electrons. The molecular weight excluding hydrogens is 328 g/mol. The molecule has 0 unspecified atom stereocenters. The highest BCUT2D eigenvalue weighted by molar-refractivity contribution is 8.93. The number of anilines is 2. The third-order valence-electron chi connectivity index (χ3n) is 2.30. The Hall–Kier alpha value is -1.17. The minimum atomic E-state index is 0. The molecule has 0 amide bonds. The lowest BCUT2D eigenvalue weighted by molar-refractivity contribution is 1.40. The molecule has 0 saturated carbocycles. The van der Waals surface area contributed by atoms with Crippen molar-refractivity contribution in [1.29, 1.82) is 0 Å². The molecule has 3 rings (SSSR count). The Labute approximate surface area is 124 Å². The molecule has 0 aliphatic carbocycles. The van der Waals surface area contributed by atoms with Crippen LogP contribution in [0.1, 0.15) is 0 Å². The van der Waals surface area contributed by atoms with Gasteiger partial charge in [-0.3, -0.25) is 0 Å². The quantitative estimate of drug-likeness (QED) is 0.710. The Morgan fingerprint density at radius 1 is 0.944 bits per heavy atom. The van der Waals surface area contributed by atoms with Crippen molar-refractivity contribution >= 4 is 50.5 Å². The molecular formula is C13H11BrN2S2. The number of halogens is 1. The Balaban J connectivity index is 0.00000120. The van der Waals surface area contributed by atoms with E-state index in [-0.39, 0.29) is 17.0 Å². The number of nitrogens with one attached hydrogen (secondary N) is 1. The van der Waals surface area contributed by atoms with Crippen molar-refractivity contribution in [2.75, 3.05) is 5.32 Å². The smallest absolute Gasteiger partial charge is 0.187 e. The van der Waals surface area contributed by atoms with Crippen LogP contribution in [0.5, 0.6) is 0 Å². The fourth-order valence-corrected chi connectivity index (χ4v) is 3.01. The van der Waals surface area contributed by atoms with Crippen molar-refractivity contribution in [2.45, 2.75) is 0 Å². The molecule has 0 radical (unpaired) electrons. The zero-order valence-electron chi connectivity index (χ0n) is 9.37. The molecule has 18 heavy (non-hydrogen) atoms. The van der Waals surface area contributed by atoms with Crippen LogP contribution < -0.4 is 5.32 Å². The van der Waals surface area contributed by atoms with Crippen LogP contribution in [0.4, 0.5) is 10.8 Å². The highest BCUT2D eigenvalue weighted by Gasteiger charge is 2.04. The van der Waals surface area contributed by atoms with Gasteiger partial charge < -0.3 is 5.32 Å². The maximum Gasteiger partial charge on any atom is 0.187 e. The number of rotatable bonds is 3. The first-order chi connectivity index (χ1) is 8.42. The highest BCUT2D eigenvalue weighted by Crippen LogP contribution is 2.29. The van der Waals surface area contributed by atoms with Crippen LogP contribution in [0.25, 0.3) is 10.6 Å². The van der Waals surface area contributed by atoms with Crippen molar-refractivity contribution in [3.8, 4) is 10.6 Å². The van der Waals surface area contributed by atoms with Crippen LogP contribution in [0, 0.1) is 0 Å². The van der Waals surface area contributed by atoms with Crippen molar-refractivity contribution in [3.63, 3.8) is 0 Å². The second kappa shape index (κ2) is 6.13. The number of para-hydroxylation sites is 1. The number of thiazole rings is 1. The van der Waals surface area contributed by atoms with E-state index in [1.54, 1.807) is 22.7 Å². The normalized spacial score (nSPS) is 9.78. The van der Waals surface area contributed by atoms with E-state index in [0.717, 1.165) is 16.5 Å². The molecule has 2 aromatic heterocycles. The highest BCUT2D eigenvalue weighted by atomic mass is 79.9. The SMILES string of the molecule is Br.c1ccc(Nc2nc(-c3cccs3)cs2)cc1. The van der Waals surface area contributed by atoms with E-state index in [1.165, 1.54) is 4.88 Å². The van der Waals surface area contributed by atoms with Crippen molar-refractivity contribution in [1.82, 2.24) is 4.98 Å². The molecule has 0 spiro atoms. The van der Waals surface area contributed by atoms with E-state index in [1.807, 2.05) is 36.4 Å². The number of nitrogens with zero attached hydrogens (tertiary/aromatic N) is 1. The van der Waals surface area contributed by atoms with Gasteiger partial charge in [-0.1, -0.05) is 24.3 Å². The van der Waals surface area contributed by atoms with Gasteiger partial charge in [0.1, 0.15) is 0 Å². The van der Waals surface area contributed by atoms with E-state index < -0.39 is 0 Å². The molecule has 1 N–H and O–H groups in total. The predicted octanol–water partition coefficient (Wildman–Crippen LogP) is 5.19. The summed E-state index contributed by atoms with van der Waals surface area (Å²) in [6.45, 7) is 0. The molecule has 0 saturated heterocycles. The number of hydrogen-bond donors (Lipinski definition) is 1. The van der Waals surface area contributed by atoms with Gasteiger partial charge in [-0.2, -0.15) is 0 Å². The molecule has 2 heterocycles. The van der Waals surface area contributed by atoms with E-state index in [2.05, 4.69) is 27.1 Å². The minimum absolute atomic E-state index is 0. The topological polar surface area (TPSA) is 24.9 Å². The average molecular weight is 339 g/mol. The van der Waals surface area contributed by atoms with Crippen molar-refractivity contribution in [3.05, 3.63) is 53.2 Å². The summed E-state index contributed by atoms with van der Waals surface area (Å²) in [6, 6.07) is 14.2. The first-order valence-electron chi connectivity index (χ1n) is 5.23. The molecule has 1 aromatic carbocycles.